The smallest absolute Gasteiger partial charge is 0.416 e. The summed E-state index contributed by atoms with van der Waals surface area (Å²) >= 11 is 1.16. The lowest BCUT2D eigenvalue weighted by molar-refractivity contribution is -0.114. The number of amides is 4. The molecule has 1 aromatic carbocycles. The predicted molar refractivity (Wildman–Crippen MR) is 102 cm³/mol. The Labute approximate surface area is 160 Å². The number of ether oxygens (including phenoxy) is 1. The van der Waals surface area contributed by atoms with E-state index in [0.717, 1.165) is 16.2 Å². The Morgan fingerprint density at radius 3 is 2.56 bits per heavy atom. The largest absolute Gasteiger partial charge is 0.449 e. The molecule has 8 nitrogen and oxygen atoms in total. The Bertz CT molecular complexity index is 877. The predicted octanol–water partition coefficient (Wildman–Crippen LogP) is 3.19. The SMILES string of the molecule is CCOC(=O)N(C)C(=O)c1ccsc1NC(=O)c1cccc(NC(C)=O)c1. The molecule has 1 aromatic heterocycles. The zero-order chi connectivity index (χ0) is 20.0. The molecular weight excluding hydrogens is 370 g/mol. The van der Waals surface area contributed by atoms with E-state index in [1.165, 1.54) is 26.1 Å². The van der Waals surface area contributed by atoms with Gasteiger partial charge < -0.3 is 15.4 Å². The van der Waals surface area contributed by atoms with Gasteiger partial charge in [0.1, 0.15) is 5.00 Å². The van der Waals surface area contributed by atoms with E-state index in [4.69, 9.17) is 4.74 Å². The maximum Gasteiger partial charge on any atom is 0.416 e. The minimum atomic E-state index is -0.769. The molecule has 4 amide bonds. The van der Waals surface area contributed by atoms with E-state index in [0.29, 0.717) is 16.3 Å². The molecule has 0 fully saturated rings. The van der Waals surface area contributed by atoms with Crippen LogP contribution in [0.5, 0.6) is 0 Å². The van der Waals surface area contributed by atoms with Gasteiger partial charge in [-0.1, -0.05) is 6.07 Å². The maximum absolute atomic E-state index is 12.5. The van der Waals surface area contributed by atoms with Crippen LogP contribution in [0.25, 0.3) is 0 Å². The van der Waals surface area contributed by atoms with Crippen molar-refractivity contribution < 1.29 is 23.9 Å². The second kappa shape index (κ2) is 8.95. The molecule has 0 saturated heterocycles. The quantitative estimate of drug-likeness (QED) is 0.817. The fraction of sp³-hybridized carbons (Fsp3) is 0.222. The van der Waals surface area contributed by atoms with Crippen molar-refractivity contribution in [1.82, 2.24) is 4.90 Å². The molecule has 0 atom stereocenters. The molecule has 2 aromatic rings. The van der Waals surface area contributed by atoms with Gasteiger partial charge in [-0.25, -0.2) is 9.69 Å². The summed E-state index contributed by atoms with van der Waals surface area (Å²) in [5.41, 5.74) is 0.980. The van der Waals surface area contributed by atoms with E-state index in [1.807, 2.05) is 0 Å². The molecule has 0 unspecified atom stereocenters. The first-order valence-electron chi connectivity index (χ1n) is 8.04. The Balaban J connectivity index is 2.16. The summed E-state index contributed by atoms with van der Waals surface area (Å²) in [6.45, 7) is 3.16. The molecule has 0 aliphatic rings. The number of rotatable bonds is 5. The van der Waals surface area contributed by atoms with Crippen molar-refractivity contribution in [3.63, 3.8) is 0 Å². The molecule has 2 N–H and O–H groups in total. The van der Waals surface area contributed by atoms with E-state index in [-0.39, 0.29) is 18.1 Å². The number of thiophene rings is 1. The first-order chi connectivity index (χ1) is 12.8. The lowest BCUT2D eigenvalue weighted by Crippen LogP contribution is -2.34. The van der Waals surface area contributed by atoms with Gasteiger partial charge in [0.25, 0.3) is 11.8 Å². The van der Waals surface area contributed by atoms with E-state index in [1.54, 1.807) is 30.5 Å². The van der Waals surface area contributed by atoms with Gasteiger partial charge in [0, 0.05) is 25.2 Å². The Hall–Kier alpha value is -3.20. The standard InChI is InChI=1S/C18H19N3O5S/c1-4-26-18(25)21(3)17(24)14-8-9-27-16(14)20-15(23)12-6-5-7-13(10-12)19-11(2)22/h5-10H,4H2,1-3H3,(H,19,22)(H,20,23). The third-order valence-electron chi connectivity index (χ3n) is 3.41. The van der Waals surface area contributed by atoms with Gasteiger partial charge in [-0.15, -0.1) is 11.3 Å². The third kappa shape index (κ3) is 5.14. The highest BCUT2D eigenvalue weighted by molar-refractivity contribution is 7.14. The molecule has 142 valence electrons. The van der Waals surface area contributed by atoms with Crippen molar-refractivity contribution in [3.05, 3.63) is 46.8 Å². The number of benzene rings is 1. The Morgan fingerprint density at radius 1 is 1.15 bits per heavy atom. The molecule has 1 heterocycles. The summed E-state index contributed by atoms with van der Waals surface area (Å²) in [4.78, 5) is 48.7. The van der Waals surface area contributed by atoms with Gasteiger partial charge in [-0.3, -0.25) is 14.4 Å². The number of nitrogens with one attached hydrogen (secondary N) is 2. The second-order valence-electron chi connectivity index (χ2n) is 5.44. The maximum atomic E-state index is 12.5. The molecule has 2 rings (SSSR count). The topological polar surface area (TPSA) is 105 Å². The van der Waals surface area contributed by atoms with Crippen molar-refractivity contribution in [3.8, 4) is 0 Å². The number of imide groups is 1. The van der Waals surface area contributed by atoms with Gasteiger partial charge in [-0.2, -0.15) is 0 Å². The monoisotopic (exact) mass is 389 g/mol. The second-order valence-corrected chi connectivity index (χ2v) is 6.36. The highest BCUT2D eigenvalue weighted by Crippen LogP contribution is 2.25. The molecule has 27 heavy (non-hydrogen) atoms. The lowest BCUT2D eigenvalue weighted by atomic mass is 10.2. The summed E-state index contributed by atoms with van der Waals surface area (Å²) in [6, 6.07) is 7.92. The highest BCUT2D eigenvalue weighted by atomic mass is 32.1. The number of hydrogen-bond acceptors (Lipinski definition) is 6. The molecule has 0 saturated carbocycles. The van der Waals surface area contributed by atoms with E-state index in [2.05, 4.69) is 10.6 Å². The summed E-state index contributed by atoms with van der Waals surface area (Å²) in [7, 11) is 1.31. The number of carbonyl (C=O) groups is 4. The molecule has 0 radical (unpaired) electrons. The van der Waals surface area contributed by atoms with E-state index in [9.17, 15) is 19.2 Å². The highest BCUT2D eigenvalue weighted by Gasteiger charge is 2.24. The van der Waals surface area contributed by atoms with Crippen LogP contribution < -0.4 is 10.6 Å². The fourth-order valence-corrected chi connectivity index (χ4v) is 2.95. The molecule has 0 spiro atoms. The van der Waals surface area contributed by atoms with Crippen LogP contribution in [0.2, 0.25) is 0 Å². The van der Waals surface area contributed by atoms with Crippen LogP contribution in [0.1, 0.15) is 34.6 Å². The van der Waals surface area contributed by atoms with Crippen molar-refractivity contribution in [1.29, 1.82) is 0 Å². The minimum Gasteiger partial charge on any atom is -0.449 e. The molecular formula is C18H19N3O5S. The van der Waals surface area contributed by atoms with Crippen LogP contribution in [-0.4, -0.2) is 42.4 Å². The van der Waals surface area contributed by atoms with Crippen LogP contribution in [0, 0.1) is 0 Å². The Morgan fingerprint density at radius 2 is 1.89 bits per heavy atom. The zero-order valence-corrected chi connectivity index (χ0v) is 15.9. The lowest BCUT2D eigenvalue weighted by Gasteiger charge is -2.15. The van der Waals surface area contributed by atoms with Crippen molar-refractivity contribution >= 4 is 45.8 Å². The number of nitrogens with zero attached hydrogens (tertiary/aromatic N) is 1. The van der Waals surface area contributed by atoms with Crippen LogP contribution in [0.3, 0.4) is 0 Å². The molecule has 0 aliphatic heterocycles. The van der Waals surface area contributed by atoms with Gasteiger partial charge in [0.05, 0.1) is 12.2 Å². The van der Waals surface area contributed by atoms with Crippen molar-refractivity contribution in [2.24, 2.45) is 0 Å². The van der Waals surface area contributed by atoms with E-state index >= 15 is 0 Å². The summed E-state index contributed by atoms with van der Waals surface area (Å²) < 4.78 is 4.81. The molecule has 0 bridgehead atoms. The Kier molecular flexibility index (Phi) is 6.67. The number of carbonyl (C=O) groups excluding carboxylic acids is 4. The van der Waals surface area contributed by atoms with Gasteiger partial charge in [0.2, 0.25) is 5.91 Å². The number of hydrogen-bond donors (Lipinski definition) is 2. The van der Waals surface area contributed by atoms with Crippen molar-refractivity contribution in [2.75, 3.05) is 24.3 Å². The van der Waals surface area contributed by atoms with Crippen LogP contribution >= 0.6 is 11.3 Å². The summed E-state index contributed by atoms with van der Waals surface area (Å²) in [6.07, 6.45) is -0.769. The summed E-state index contributed by atoms with van der Waals surface area (Å²) in [5.74, 6) is -1.28. The van der Waals surface area contributed by atoms with Gasteiger partial charge in [0.15, 0.2) is 0 Å². The normalized spacial score (nSPS) is 10.0. The summed E-state index contributed by atoms with van der Waals surface area (Å²) in [5, 5.41) is 7.21. The van der Waals surface area contributed by atoms with Gasteiger partial charge in [-0.05, 0) is 36.6 Å². The zero-order valence-electron chi connectivity index (χ0n) is 15.1. The molecule has 0 aliphatic carbocycles. The van der Waals surface area contributed by atoms with Crippen LogP contribution in [0.15, 0.2) is 35.7 Å². The fourth-order valence-electron chi connectivity index (χ4n) is 2.18. The van der Waals surface area contributed by atoms with Crippen LogP contribution in [-0.2, 0) is 9.53 Å². The van der Waals surface area contributed by atoms with Crippen molar-refractivity contribution in [2.45, 2.75) is 13.8 Å². The first-order valence-corrected chi connectivity index (χ1v) is 8.92. The third-order valence-corrected chi connectivity index (χ3v) is 4.24. The average Bonchev–Trinajstić information content (AvgIpc) is 3.08. The van der Waals surface area contributed by atoms with Crippen LogP contribution in [0.4, 0.5) is 15.5 Å². The van der Waals surface area contributed by atoms with E-state index < -0.39 is 17.9 Å². The van der Waals surface area contributed by atoms with Gasteiger partial charge >= 0.3 is 6.09 Å². The average molecular weight is 389 g/mol. The molecule has 9 heteroatoms. The first kappa shape index (κ1) is 20.1. The minimum absolute atomic E-state index is 0.147. The number of anilines is 2.